The van der Waals surface area contributed by atoms with Gasteiger partial charge in [-0.05, 0) is 56.3 Å². The second kappa shape index (κ2) is 10.8. The first-order valence-electron chi connectivity index (χ1n) is 12.0. The molecule has 7 nitrogen and oxygen atoms in total. The fourth-order valence-electron chi connectivity index (χ4n) is 4.22. The zero-order valence-electron chi connectivity index (χ0n) is 20.8. The van der Waals surface area contributed by atoms with Crippen LogP contribution in [0.2, 0.25) is 0 Å². The molecule has 0 radical (unpaired) electrons. The summed E-state index contributed by atoms with van der Waals surface area (Å²) < 4.78 is 35.5. The first-order chi connectivity index (χ1) is 18.1. The van der Waals surface area contributed by atoms with Crippen LogP contribution in [-0.2, 0) is 4.79 Å². The van der Waals surface area contributed by atoms with Crippen molar-refractivity contribution in [2.45, 2.75) is 32.3 Å². The lowest BCUT2D eigenvalue weighted by atomic mass is 9.97. The van der Waals surface area contributed by atoms with E-state index in [4.69, 9.17) is 9.84 Å². The molecule has 0 aromatic heterocycles. The SMILES string of the molecule is CC(C)Oc1ccccc1C(=O)Nc1ccc(C(=O)N2CCC(F)(F)/C(=C\C(=O)O)c3ccccc32)cc1. The van der Waals surface area contributed by atoms with Crippen molar-refractivity contribution >= 4 is 34.7 Å². The minimum Gasteiger partial charge on any atom is -0.490 e. The zero-order valence-corrected chi connectivity index (χ0v) is 20.8. The number of alkyl halides is 2. The molecule has 1 heterocycles. The molecule has 1 aliphatic rings. The number of aliphatic carboxylic acids is 1. The van der Waals surface area contributed by atoms with Crippen LogP contribution in [0.3, 0.4) is 0 Å². The predicted octanol–water partition coefficient (Wildman–Crippen LogP) is 5.88. The van der Waals surface area contributed by atoms with Gasteiger partial charge in [0.25, 0.3) is 17.7 Å². The van der Waals surface area contributed by atoms with Crippen molar-refractivity contribution in [1.82, 2.24) is 0 Å². The second-order valence-corrected chi connectivity index (χ2v) is 9.02. The van der Waals surface area contributed by atoms with Crippen LogP contribution >= 0.6 is 0 Å². The number of amides is 2. The van der Waals surface area contributed by atoms with Crippen LogP contribution in [0.15, 0.2) is 78.9 Å². The summed E-state index contributed by atoms with van der Waals surface area (Å²) in [6.07, 6.45) is -0.360. The van der Waals surface area contributed by atoms with Gasteiger partial charge in [-0.15, -0.1) is 0 Å². The number of allylic oxidation sites excluding steroid dienone is 1. The third kappa shape index (κ3) is 5.72. The molecule has 9 heteroatoms. The van der Waals surface area contributed by atoms with Crippen LogP contribution in [-0.4, -0.2) is 41.5 Å². The predicted molar refractivity (Wildman–Crippen MR) is 140 cm³/mol. The molecule has 196 valence electrons. The number of fused-ring (bicyclic) bond motifs is 1. The molecule has 0 atom stereocenters. The topological polar surface area (TPSA) is 95.9 Å². The summed E-state index contributed by atoms with van der Waals surface area (Å²) in [5.74, 6) is -5.40. The molecule has 38 heavy (non-hydrogen) atoms. The van der Waals surface area contributed by atoms with E-state index in [-0.39, 0.29) is 35.4 Å². The van der Waals surface area contributed by atoms with Gasteiger partial charge in [-0.25, -0.2) is 13.6 Å². The maximum absolute atomic E-state index is 14.9. The number of rotatable bonds is 6. The molecule has 0 aliphatic carbocycles. The maximum atomic E-state index is 14.9. The van der Waals surface area contributed by atoms with E-state index in [1.54, 1.807) is 42.5 Å². The van der Waals surface area contributed by atoms with Crippen LogP contribution in [0.5, 0.6) is 5.75 Å². The van der Waals surface area contributed by atoms with Gasteiger partial charge in [-0.3, -0.25) is 9.59 Å². The number of hydrogen-bond donors (Lipinski definition) is 2. The normalized spacial score (nSPS) is 15.5. The number of hydrogen-bond acceptors (Lipinski definition) is 4. The van der Waals surface area contributed by atoms with Gasteiger partial charge in [0.05, 0.1) is 17.4 Å². The zero-order chi connectivity index (χ0) is 27.4. The molecule has 0 fully saturated rings. The Morgan fingerprint density at radius 1 is 1.00 bits per heavy atom. The first kappa shape index (κ1) is 26.5. The third-order valence-electron chi connectivity index (χ3n) is 5.93. The lowest BCUT2D eigenvalue weighted by Gasteiger charge is -2.23. The number of para-hydroxylation sites is 2. The smallest absolute Gasteiger partial charge is 0.328 e. The number of carboxylic acid groups (broad SMARTS) is 1. The number of benzene rings is 3. The number of ether oxygens (including phenoxy) is 1. The van der Waals surface area contributed by atoms with Crippen molar-refractivity contribution in [3.8, 4) is 5.75 Å². The summed E-state index contributed by atoms with van der Waals surface area (Å²) in [5, 5.41) is 11.9. The maximum Gasteiger partial charge on any atom is 0.328 e. The average Bonchev–Trinajstić information content (AvgIpc) is 2.98. The Kier molecular flexibility index (Phi) is 7.57. The van der Waals surface area contributed by atoms with Crippen molar-refractivity contribution in [3.63, 3.8) is 0 Å². The molecule has 3 aromatic rings. The number of carboxylic acids is 1. The Balaban J connectivity index is 1.58. The second-order valence-electron chi connectivity index (χ2n) is 9.02. The van der Waals surface area contributed by atoms with Crippen molar-refractivity contribution in [3.05, 3.63) is 95.6 Å². The van der Waals surface area contributed by atoms with E-state index in [0.717, 1.165) is 0 Å². The van der Waals surface area contributed by atoms with E-state index in [9.17, 15) is 23.2 Å². The van der Waals surface area contributed by atoms with Crippen LogP contribution in [0.25, 0.3) is 5.57 Å². The van der Waals surface area contributed by atoms with Crippen LogP contribution in [0.1, 0.15) is 46.5 Å². The highest BCUT2D eigenvalue weighted by atomic mass is 19.3. The number of nitrogens with zero attached hydrogens (tertiary/aromatic N) is 1. The molecule has 2 amide bonds. The highest BCUT2D eigenvalue weighted by Crippen LogP contribution is 2.43. The molecule has 4 rings (SSSR count). The number of anilines is 2. The Hall–Kier alpha value is -4.53. The van der Waals surface area contributed by atoms with E-state index >= 15 is 0 Å². The summed E-state index contributed by atoms with van der Waals surface area (Å²) in [5.41, 5.74) is 0.540. The first-order valence-corrected chi connectivity index (χ1v) is 12.0. The third-order valence-corrected chi connectivity index (χ3v) is 5.93. The quantitative estimate of drug-likeness (QED) is 0.396. The summed E-state index contributed by atoms with van der Waals surface area (Å²) in [4.78, 5) is 38.7. The van der Waals surface area contributed by atoms with Crippen LogP contribution < -0.4 is 15.0 Å². The Morgan fingerprint density at radius 3 is 2.34 bits per heavy atom. The van der Waals surface area contributed by atoms with Gasteiger partial charge in [0, 0.05) is 41.4 Å². The lowest BCUT2D eigenvalue weighted by Crippen LogP contribution is -2.33. The Morgan fingerprint density at radius 2 is 1.66 bits per heavy atom. The molecular formula is C29H26F2N2O5. The number of halogens is 2. The average molecular weight is 521 g/mol. The molecule has 0 saturated carbocycles. The summed E-state index contributed by atoms with van der Waals surface area (Å²) in [7, 11) is 0. The van der Waals surface area contributed by atoms with E-state index in [1.165, 1.54) is 35.2 Å². The fraction of sp³-hybridized carbons (Fsp3) is 0.207. The largest absolute Gasteiger partial charge is 0.490 e. The van der Waals surface area contributed by atoms with E-state index < -0.39 is 29.8 Å². The van der Waals surface area contributed by atoms with Gasteiger partial charge in [-0.1, -0.05) is 30.3 Å². The van der Waals surface area contributed by atoms with Crippen molar-refractivity contribution in [2.75, 3.05) is 16.8 Å². The summed E-state index contributed by atoms with van der Waals surface area (Å²) >= 11 is 0. The highest BCUT2D eigenvalue weighted by molar-refractivity contribution is 6.09. The van der Waals surface area contributed by atoms with Gasteiger partial charge >= 0.3 is 5.97 Å². The standard InChI is InChI=1S/C29H26F2N2O5/c1-18(2)38-25-10-6-4-8-22(25)27(36)32-20-13-11-19(12-14-20)28(37)33-16-15-29(30,31)23(17-26(34)35)21-7-3-5-9-24(21)33/h3-14,17-18H,15-16H2,1-2H3,(H,32,36)(H,34,35)/b23-17-. The molecular weight excluding hydrogens is 494 g/mol. The minimum atomic E-state index is -3.44. The van der Waals surface area contributed by atoms with E-state index in [1.807, 2.05) is 13.8 Å². The Labute approximate surface area is 218 Å². The van der Waals surface area contributed by atoms with Crippen LogP contribution in [0, 0.1) is 0 Å². The summed E-state index contributed by atoms with van der Waals surface area (Å²) in [6.45, 7) is 3.40. The van der Waals surface area contributed by atoms with Gasteiger partial charge in [0.1, 0.15) is 5.75 Å². The van der Waals surface area contributed by atoms with Crippen molar-refractivity contribution in [1.29, 1.82) is 0 Å². The van der Waals surface area contributed by atoms with Crippen molar-refractivity contribution < 1.29 is 33.0 Å². The molecule has 3 aromatic carbocycles. The minimum absolute atomic E-state index is 0.0167. The molecule has 2 N–H and O–H groups in total. The molecule has 0 bridgehead atoms. The molecule has 0 saturated heterocycles. The summed E-state index contributed by atoms with van der Waals surface area (Å²) in [6, 6.07) is 18.9. The van der Waals surface area contributed by atoms with Gasteiger partial charge in [0.15, 0.2) is 0 Å². The van der Waals surface area contributed by atoms with E-state index in [0.29, 0.717) is 23.1 Å². The van der Waals surface area contributed by atoms with Gasteiger partial charge < -0.3 is 20.1 Å². The molecule has 1 aliphatic heterocycles. The van der Waals surface area contributed by atoms with Gasteiger partial charge in [0.2, 0.25) is 0 Å². The molecule has 0 spiro atoms. The number of carbonyl (C=O) groups excluding carboxylic acids is 2. The monoisotopic (exact) mass is 520 g/mol. The van der Waals surface area contributed by atoms with Gasteiger partial charge in [-0.2, -0.15) is 0 Å². The van der Waals surface area contributed by atoms with Crippen molar-refractivity contribution in [2.24, 2.45) is 0 Å². The number of carbonyl (C=O) groups is 3. The fourth-order valence-corrected chi connectivity index (χ4v) is 4.22. The highest BCUT2D eigenvalue weighted by Gasteiger charge is 2.41. The van der Waals surface area contributed by atoms with Crippen LogP contribution in [0.4, 0.5) is 20.2 Å². The Bertz CT molecular complexity index is 1400. The molecule has 0 unspecified atom stereocenters. The van der Waals surface area contributed by atoms with E-state index in [2.05, 4.69) is 5.32 Å². The number of nitrogens with one attached hydrogen (secondary N) is 1. The lowest BCUT2D eigenvalue weighted by molar-refractivity contribution is -0.131.